The first-order chi connectivity index (χ1) is 14.6. The van der Waals surface area contributed by atoms with Gasteiger partial charge in [-0.05, 0) is 13.0 Å². The molecule has 30 heavy (non-hydrogen) atoms. The predicted octanol–water partition coefficient (Wildman–Crippen LogP) is 2.02. The number of fused-ring (bicyclic) bond motifs is 1. The lowest BCUT2D eigenvalue weighted by atomic mass is 9.99. The molecule has 0 amide bonds. The summed E-state index contributed by atoms with van der Waals surface area (Å²) in [4.78, 5) is 25.9. The number of aliphatic hydroxyl groups excluding tert-OH is 1. The smallest absolute Gasteiger partial charge is 0.216 e. The van der Waals surface area contributed by atoms with E-state index >= 15 is 0 Å². The zero-order chi connectivity index (χ0) is 20.7. The Morgan fingerprint density at radius 3 is 2.67 bits per heavy atom. The Kier molecular flexibility index (Phi) is 4.74. The summed E-state index contributed by atoms with van der Waals surface area (Å²) in [5, 5.41) is 9.24. The number of aliphatic hydroxyl groups is 1. The molecule has 0 saturated carbocycles. The van der Waals surface area contributed by atoms with Crippen molar-refractivity contribution in [2.75, 3.05) is 36.0 Å². The van der Waals surface area contributed by atoms with E-state index in [4.69, 9.17) is 0 Å². The molecule has 8 nitrogen and oxygen atoms in total. The molecule has 1 fully saturated rings. The Hall–Kier alpha value is -3.20. The van der Waals surface area contributed by atoms with Gasteiger partial charge < -0.3 is 14.9 Å². The van der Waals surface area contributed by atoms with Gasteiger partial charge in [0, 0.05) is 80.6 Å². The van der Waals surface area contributed by atoms with Crippen LogP contribution in [0.5, 0.6) is 0 Å². The molecule has 2 aliphatic heterocycles. The van der Waals surface area contributed by atoms with Crippen LogP contribution in [0.4, 0.5) is 15.9 Å². The van der Waals surface area contributed by atoms with Gasteiger partial charge in [-0.1, -0.05) is 0 Å². The quantitative estimate of drug-likeness (QED) is 0.657. The van der Waals surface area contributed by atoms with Gasteiger partial charge >= 0.3 is 0 Å². The van der Waals surface area contributed by atoms with Crippen molar-refractivity contribution in [3.8, 4) is 11.6 Å². The molecule has 1 atom stereocenters. The average molecular weight is 407 g/mol. The second-order valence-corrected chi connectivity index (χ2v) is 7.75. The van der Waals surface area contributed by atoms with E-state index in [9.17, 15) is 9.50 Å². The molecular weight excluding hydrogens is 385 g/mol. The van der Waals surface area contributed by atoms with Gasteiger partial charge in [-0.25, -0.2) is 24.9 Å². The van der Waals surface area contributed by atoms with E-state index in [1.807, 2.05) is 12.3 Å². The fraction of sp³-hybridized carbons (Fsp3) is 0.381. The molecule has 0 aliphatic carbocycles. The Labute approximate surface area is 173 Å². The molecule has 154 valence electrons. The molecule has 3 aromatic heterocycles. The number of hydrogen-bond acceptors (Lipinski definition) is 8. The third-order valence-electron chi connectivity index (χ3n) is 5.81. The molecule has 5 heterocycles. The first-order valence-electron chi connectivity index (χ1n) is 10.1. The van der Waals surface area contributed by atoms with Gasteiger partial charge in [-0.3, -0.25) is 0 Å². The number of hydrogen-bond donors (Lipinski definition) is 1. The van der Waals surface area contributed by atoms with Crippen LogP contribution < -0.4 is 9.80 Å². The van der Waals surface area contributed by atoms with Crippen molar-refractivity contribution in [1.29, 1.82) is 0 Å². The lowest BCUT2D eigenvalue weighted by Gasteiger charge is -2.41. The average Bonchev–Trinajstić information content (AvgIpc) is 2.73. The summed E-state index contributed by atoms with van der Waals surface area (Å²) >= 11 is 0. The summed E-state index contributed by atoms with van der Waals surface area (Å²) in [5.41, 5.74) is 2.76. The summed E-state index contributed by atoms with van der Waals surface area (Å²) in [5.74, 6) is 1.37. The van der Waals surface area contributed by atoms with Crippen molar-refractivity contribution in [2.24, 2.45) is 5.92 Å². The summed E-state index contributed by atoms with van der Waals surface area (Å²) in [6, 6.07) is 5.09. The molecule has 1 saturated heterocycles. The summed E-state index contributed by atoms with van der Waals surface area (Å²) < 4.78 is 14.3. The SMILES string of the molecule is CC1c2cnc(-c3ncccn3)nc2CCN1c1cc(N2CC(CO)C2)cc(F)n1. The number of nitrogens with zero attached hydrogens (tertiary/aromatic N) is 7. The van der Waals surface area contributed by atoms with Crippen molar-refractivity contribution < 1.29 is 9.50 Å². The molecule has 0 bridgehead atoms. The van der Waals surface area contributed by atoms with Gasteiger partial charge in [0.2, 0.25) is 5.95 Å². The topological polar surface area (TPSA) is 91.2 Å². The van der Waals surface area contributed by atoms with Crippen molar-refractivity contribution in [2.45, 2.75) is 19.4 Å². The largest absolute Gasteiger partial charge is 0.396 e. The van der Waals surface area contributed by atoms with E-state index in [1.165, 1.54) is 6.07 Å². The number of pyridine rings is 1. The first kappa shape index (κ1) is 18.8. The minimum atomic E-state index is -0.499. The monoisotopic (exact) mass is 407 g/mol. The fourth-order valence-corrected chi connectivity index (χ4v) is 4.09. The molecular formula is C21H22FN7O. The second-order valence-electron chi connectivity index (χ2n) is 7.75. The highest BCUT2D eigenvalue weighted by atomic mass is 19.1. The van der Waals surface area contributed by atoms with E-state index in [-0.39, 0.29) is 18.6 Å². The zero-order valence-corrected chi connectivity index (χ0v) is 16.6. The van der Waals surface area contributed by atoms with Crippen LogP contribution in [-0.2, 0) is 6.42 Å². The molecule has 3 aromatic rings. The first-order valence-corrected chi connectivity index (χ1v) is 10.1. The van der Waals surface area contributed by atoms with Crippen LogP contribution in [0.3, 0.4) is 0 Å². The van der Waals surface area contributed by atoms with Crippen molar-refractivity contribution >= 4 is 11.5 Å². The molecule has 0 spiro atoms. The molecule has 5 rings (SSSR count). The molecule has 1 unspecified atom stereocenters. The Morgan fingerprint density at radius 2 is 1.90 bits per heavy atom. The predicted molar refractivity (Wildman–Crippen MR) is 110 cm³/mol. The maximum atomic E-state index is 14.3. The Morgan fingerprint density at radius 1 is 1.10 bits per heavy atom. The van der Waals surface area contributed by atoms with Gasteiger partial charge in [0.05, 0.1) is 11.7 Å². The highest BCUT2D eigenvalue weighted by Gasteiger charge is 2.30. The number of halogens is 1. The highest BCUT2D eigenvalue weighted by molar-refractivity contribution is 5.58. The third-order valence-corrected chi connectivity index (χ3v) is 5.81. The van der Waals surface area contributed by atoms with Crippen LogP contribution in [0.25, 0.3) is 11.6 Å². The maximum Gasteiger partial charge on any atom is 0.216 e. The number of anilines is 2. The summed E-state index contributed by atoms with van der Waals surface area (Å²) in [6.07, 6.45) is 5.85. The molecule has 0 aromatic carbocycles. The van der Waals surface area contributed by atoms with Crippen molar-refractivity contribution in [3.63, 3.8) is 0 Å². The highest BCUT2D eigenvalue weighted by Crippen LogP contribution is 2.35. The van der Waals surface area contributed by atoms with E-state index < -0.39 is 5.95 Å². The van der Waals surface area contributed by atoms with Crippen LogP contribution in [-0.4, -0.2) is 56.3 Å². The molecule has 1 N–H and O–H groups in total. The number of aromatic nitrogens is 5. The lowest BCUT2D eigenvalue weighted by molar-refractivity contribution is 0.200. The molecule has 9 heteroatoms. The van der Waals surface area contributed by atoms with Gasteiger partial charge in [0.25, 0.3) is 0 Å². The fourth-order valence-electron chi connectivity index (χ4n) is 4.09. The van der Waals surface area contributed by atoms with Crippen LogP contribution >= 0.6 is 0 Å². The standard InChI is InChI=1S/C21H22FN7O/c1-13-16-9-25-21(20-23-4-2-5-24-20)26-17(16)3-6-29(13)19-8-15(7-18(22)27-19)28-10-14(11-28)12-30/h2,4-5,7-9,13-14,30H,3,6,10-12H2,1H3. The summed E-state index contributed by atoms with van der Waals surface area (Å²) in [6.45, 7) is 4.35. The van der Waals surface area contributed by atoms with Crippen LogP contribution in [0.1, 0.15) is 24.2 Å². The molecule has 0 radical (unpaired) electrons. The van der Waals surface area contributed by atoms with E-state index in [0.717, 1.165) is 30.0 Å². The Balaban J connectivity index is 1.41. The third kappa shape index (κ3) is 3.35. The van der Waals surface area contributed by atoms with Gasteiger partial charge in [-0.2, -0.15) is 4.39 Å². The zero-order valence-electron chi connectivity index (χ0n) is 16.6. The number of rotatable bonds is 4. The minimum absolute atomic E-state index is 0.0387. The van der Waals surface area contributed by atoms with E-state index in [1.54, 1.807) is 18.5 Å². The Bertz CT molecular complexity index is 1060. The lowest BCUT2D eigenvalue weighted by Crippen LogP contribution is -2.48. The van der Waals surface area contributed by atoms with Crippen LogP contribution in [0, 0.1) is 11.9 Å². The van der Waals surface area contributed by atoms with Gasteiger partial charge in [0.15, 0.2) is 11.6 Å². The van der Waals surface area contributed by atoms with Crippen molar-refractivity contribution in [1.82, 2.24) is 24.9 Å². The second kappa shape index (κ2) is 7.56. The van der Waals surface area contributed by atoms with Crippen LogP contribution in [0.2, 0.25) is 0 Å². The summed E-state index contributed by atoms with van der Waals surface area (Å²) in [7, 11) is 0. The van der Waals surface area contributed by atoms with Gasteiger partial charge in [-0.15, -0.1) is 0 Å². The maximum absolute atomic E-state index is 14.3. The van der Waals surface area contributed by atoms with Crippen LogP contribution in [0.15, 0.2) is 36.8 Å². The molecule has 2 aliphatic rings. The normalized spacial score (nSPS) is 18.8. The van der Waals surface area contributed by atoms with Crippen molar-refractivity contribution in [3.05, 3.63) is 54.0 Å². The minimum Gasteiger partial charge on any atom is -0.396 e. The van der Waals surface area contributed by atoms with Gasteiger partial charge in [0.1, 0.15) is 5.82 Å². The van der Waals surface area contributed by atoms with E-state index in [2.05, 4.69) is 41.6 Å². The van der Waals surface area contributed by atoms with E-state index in [0.29, 0.717) is 30.4 Å².